The van der Waals surface area contributed by atoms with Gasteiger partial charge >= 0.3 is 0 Å². The maximum absolute atomic E-state index is 13.3. The number of para-hydroxylation sites is 1. The van der Waals surface area contributed by atoms with Gasteiger partial charge in [-0.1, -0.05) is 61.5 Å². The van der Waals surface area contributed by atoms with Gasteiger partial charge in [0.2, 0.25) is 15.9 Å². The van der Waals surface area contributed by atoms with Crippen molar-refractivity contribution >= 4 is 44.4 Å². The van der Waals surface area contributed by atoms with Crippen molar-refractivity contribution in [1.29, 1.82) is 0 Å². The summed E-state index contributed by atoms with van der Waals surface area (Å²) in [6.45, 7) is 2.00. The predicted molar refractivity (Wildman–Crippen MR) is 126 cm³/mol. The number of rotatable bonds is 8. The number of aryl methyl sites for hydroxylation is 1. The maximum atomic E-state index is 13.3. The van der Waals surface area contributed by atoms with Gasteiger partial charge in [-0.2, -0.15) is 13.5 Å². The summed E-state index contributed by atoms with van der Waals surface area (Å²) in [6.07, 6.45) is 0.940. The summed E-state index contributed by atoms with van der Waals surface area (Å²) in [4.78, 5) is 13.2. The van der Waals surface area contributed by atoms with Gasteiger partial charge in [0.05, 0.1) is 11.7 Å². The number of anilines is 1. The third-order valence-corrected chi connectivity index (χ3v) is 7.14. The number of nitrogens with one attached hydrogen (secondary N) is 2. The smallest absolute Gasteiger partial charge is 0.243 e. The van der Waals surface area contributed by atoms with E-state index in [1.54, 1.807) is 12.1 Å². The lowest BCUT2D eigenvalue weighted by Crippen LogP contribution is -2.45. The molecule has 1 atom stereocenters. The van der Waals surface area contributed by atoms with Crippen LogP contribution < -0.4 is 10.0 Å². The Kier molecular flexibility index (Phi) is 6.59. The van der Waals surface area contributed by atoms with E-state index >= 15 is 0 Å². The monoisotopic (exact) mass is 466 g/mol. The van der Waals surface area contributed by atoms with Crippen LogP contribution in [0, 0.1) is 0 Å². The third-order valence-electron chi connectivity index (χ3n) is 5.09. The number of nitrogens with zero attached hydrogens (tertiary/aromatic N) is 2. The molecule has 32 heavy (non-hydrogen) atoms. The highest BCUT2D eigenvalue weighted by atomic mass is 32.2. The molecule has 9 heteroatoms. The van der Waals surface area contributed by atoms with Crippen LogP contribution in [0.5, 0.6) is 0 Å². The Morgan fingerprint density at radius 1 is 0.969 bits per heavy atom. The second kappa shape index (κ2) is 9.56. The number of carbonyl (C=O) groups excluding carboxylic acids is 1. The van der Waals surface area contributed by atoms with Crippen molar-refractivity contribution in [2.75, 3.05) is 5.32 Å². The van der Waals surface area contributed by atoms with Crippen molar-refractivity contribution in [3.8, 4) is 0 Å². The van der Waals surface area contributed by atoms with E-state index in [-0.39, 0.29) is 11.3 Å². The van der Waals surface area contributed by atoms with E-state index < -0.39 is 22.0 Å². The van der Waals surface area contributed by atoms with Gasteiger partial charge in [0.15, 0.2) is 0 Å². The zero-order valence-corrected chi connectivity index (χ0v) is 19.0. The molecule has 0 aliphatic heterocycles. The zero-order valence-electron chi connectivity index (χ0n) is 17.4. The lowest BCUT2D eigenvalue weighted by atomic mass is 10.1. The van der Waals surface area contributed by atoms with Gasteiger partial charge in [-0.15, -0.1) is 0 Å². The third kappa shape index (κ3) is 4.85. The van der Waals surface area contributed by atoms with Gasteiger partial charge in [-0.25, -0.2) is 8.42 Å². The van der Waals surface area contributed by atoms with Crippen molar-refractivity contribution in [2.45, 2.75) is 30.7 Å². The maximum Gasteiger partial charge on any atom is 0.243 e. The number of hydrogen-bond donors (Lipinski definition) is 2. The summed E-state index contributed by atoms with van der Waals surface area (Å²) in [5.41, 5.74) is 3.27. The van der Waals surface area contributed by atoms with Crippen molar-refractivity contribution in [3.05, 3.63) is 83.9 Å². The van der Waals surface area contributed by atoms with E-state index in [0.29, 0.717) is 16.7 Å². The molecule has 0 aliphatic carbocycles. The summed E-state index contributed by atoms with van der Waals surface area (Å²) >= 11 is 0.945. The number of carbonyl (C=O) groups is 1. The van der Waals surface area contributed by atoms with Crippen LogP contribution in [0.1, 0.15) is 18.1 Å². The van der Waals surface area contributed by atoms with E-state index in [1.165, 1.54) is 6.07 Å². The van der Waals surface area contributed by atoms with E-state index in [4.69, 9.17) is 0 Å². The summed E-state index contributed by atoms with van der Waals surface area (Å²) in [6, 6.07) is 20.5. The molecule has 3 aromatic carbocycles. The summed E-state index contributed by atoms with van der Waals surface area (Å²) in [5, 5.41) is 2.90. The first-order chi connectivity index (χ1) is 15.5. The number of sulfonamides is 1. The second-order valence-corrected chi connectivity index (χ2v) is 9.46. The molecular weight excluding hydrogens is 444 g/mol. The molecule has 1 heterocycles. The molecule has 4 rings (SSSR count). The zero-order chi connectivity index (χ0) is 22.6. The van der Waals surface area contributed by atoms with Crippen LogP contribution in [0.4, 0.5) is 5.69 Å². The van der Waals surface area contributed by atoms with E-state index in [0.717, 1.165) is 29.3 Å². The van der Waals surface area contributed by atoms with Gasteiger partial charge in [0, 0.05) is 5.69 Å². The van der Waals surface area contributed by atoms with E-state index in [9.17, 15) is 13.2 Å². The Hall–Kier alpha value is -3.14. The molecule has 0 spiro atoms. The minimum atomic E-state index is -4.04. The van der Waals surface area contributed by atoms with Crippen LogP contribution in [-0.2, 0) is 27.7 Å². The topological polar surface area (TPSA) is 101 Å². The molecule has 7 nitrogen and oxygen atoms in total. The molecule has 0 saturated carbocycles. The number of amides is 1. The summed E-state index contributed by atoms with van der Waals surface area (Å²) < 4.78 is 37.4. The molecular formula is C23H22N4O3S2. The fraction of sp³-hybridized carbons (Fsp3) is 0.174. The van der Waals surface area contributed by atoms with Gasteiger partial charge < -0.3 is 5.32 Å². The SMILES string of the molecule is CCc1ccccc1NC(=O)[C@H](Cc1ccccc1)NS(=O)(=O)c1cccc2nsnc12. The Morgan fingerprint density at radius 3 is 2.50 bits per heavy atom. The highest BCUT2D eigenvalue weighted by Gasteiger charge is 2.28. The van der Waals surface area contributed by atoms with Crippen molar-refractivity contribution in [1.82, 2.24) is 13.5 Å². The molecule has 164 valence electrons. The molecule has 0 unspecified atom stereocenters. The number of aromatic nitrogens is 2. The normalized spacial score (nSPS) is 12.5. The van der Waals surface area contributed by atoms with Crippen LogP contribution in [0.3, 0.4) is 0 Å². The molecule has 0 saturated heterocycles. The first-order valence-corrected chi connectivity index (χ1v) is 12.4. The van der Waals surface area contributed by atoms with Crippen LogP contribution in [0.25, 0.3) is 11.0 Å². The molecule has 0 bridgehead atoms. The lowest BCUT2D eigenvalue weighted by Gasteiger charge is -2.20. The molecule has 2 N–H and O–H groups in total. The van der Waals surface area contributed by atoms with Crippen LogP contribution in [-0.4, -0.2) is 29.1 Å². The Bertz CT molecular complexity index is 1340. The van der Waals surface area contributed by atoms with Gasteiger partial charge in [0.25, 0.3) is 0 Å². The van der Waals surface area contributed by atoms with Crippen LogP contribution >= 0.6 is 11.7 Å². The number of fused-ring (bicyclic) bond motifs is 1. The van der Waals surface area contributed by atoms with Gasteiger partial charge in [-0.05, 0) is 42.2 Å². The van der Waals surface area contributed by atoms with Crippen LogP contribution in [0.15, 0.2) is 77.7 Å². The molecule has 0 aliphatic rings. The summed E-state index contributed by atoms with van der Waals surface area (Å²) in [5.74, 6) is -0.429. The standard InChI is InChI=1S/C23H22N4O3S2/c1-2-17-11-6-7-12-18(17)24-23(28)20(15-16-9-4-3-5-10-16)27-32(29,30)21-14-8-13-19-22(21)26-31-25-19/h3-14,20,27H,2,15H2,1H3,(H,24,28)/t20-/m0/s1. The highest BCUT2D eigenvalue weighted by Crippen LogP contribution is 2.22. The lowest BCUT2D eigenvalue weighted by molar-refractivity contribution is -0.117. The Balaban J connectivity index is 1.66. The minimum absolute atomic E-state index is 0.00331. The van der Waals surface area contributed by atoms with E-state index in [1.807, 2.05) is 61.5 Å². The first-order valence-electron chi connectivity index (χ1n) is 10.1. The molecule has 0 fully saturated rings. The number of hydrogen-bond acceptors (Lipinski definition) is 6. The highest BCUT2D eigenvalue weighted by molar-refractivity contribution is 7.89. The Morgan fingerprint density at radius 2 is 1.72 bits per heavy atom. The largest absolute Gasteiger partial charge is 0.324 e. The fourth-order valence-corrected chi connectivity index (χ4v) is 5.42. The van der Waals surface area contributed by atoms with Crippen molar-refractivity contribution < 1.29 is 13.2 Å². The Labute approximate surface area is 190 Å². The first kappa shape index (κ1) is 22.1. The minimum Gasteiger partial charge on any atom is -0.324 e. The molecule has 1 amide bonds. The average molecular weight is 467 g/mol. The number of benzene rings is 3. The van der Waals surface area contributed by atoms with Crippen molar-refractivity contribution in [3.63, 3.8) is 0 Å². The van der Waals surface area contributed by atoms with Gasteiger partial charge in [-0.3, -0.25) is 4.79 Å². The molecule has 1 aromatic heterocycles. The summed E-state index contributed by atoms with van der Waals surface area (Å²) in [7, 11) is -4.04. The van der Waals surface area contributed by atoms with Crippen molar-refractivity contribution in [2.24, 2.45) is 0 Å². The van der Waals surface area contributed by atoms with Crippen LogP contribution in [0.2, 0.25) is 0 Å². The fourth-order valence-electron chi connectivity index (χ4n) is 3.46. The molecule has 0 radical (unpaired) electrons. The second-order valence-electron chi connectivity index (χ2n) is 7.25. The van der Waals surface area contributed by atoms with E-state index in [2.05, 4.69) is 18.8 Å². The molecule has 4 aromatic rings. The average Bonchev–Trinajstić information content (AvgIpc) is 3.28. The predicted octanol–water partition coefficient (Wildman–Crippen LogP) is 3.78. The van der Waals surface area contributed by atoms with Gasteiger partial charge in [0.1, 0.15) is 22.0 Å². The quantitative estimate of drug-likeness (QED) is 0.412.